The monoisotopic (exact) mass is 544 g/mol. The third-order valence-corrected chi connectivity index (χ3v) is 7.80. The molecule has 0 heterocycles. The van der Waals surface area contributed by atoms with Crippen LogP contribution in [0.1, 0.15) is 25.3 Å². The zero-order valence-electron chi connectivity index (χ0n) is 14.9. The van der Waals surface area contributed by atoms with Gasteiger partial charge in [0.05, 0.1) is 9.72 Å². The molecule has 28 heavy (non-hydrogen) atoms. The molecule has 1 unspecified atom stereocenters. The van der Waals surface area contributed by atoms with Crippen LogP contribution in [-0.4, -0.2) is 19.8 Å². The van der Waals surface area contributed by atoms with Crippen LogP contribution < -0.4 is 8.92 Å². The second kappa shape index (κ2) is 9.04. The van der Waals surface area contributed by atoms with E-state index in [4.69, 9.17) is 8.92 Å². The van der Waals surface area contributed by atoms with Crippen molar-refractivity contribution in [1.82, 2.24) is 0 Å². The maximum atomic E-state index is 12.3. The second-order valence-corrected chi connectivity index (χ2v) is 9.67. The van der Waals surface area contributed by atoms with Crippen molar-refractivity contribution in [3.8, 4) is 17.2 Å². The Labute approximate surface area is 178 Å². The first-order chi connectivity index (χ1) is 12.9. The van der Waals surface area contributed by atoms with Gasteiger partial charge in [0.15, 0.2) is 0 Å². The molecule has 0 aliphatic rings. The van der Waals surface area contributed by atoms with Crippen molar-refractivity contribution >= 4 is 42.0 Å². The van der Waals surface area contributed by atoms with Gasteiger partial charge < -0.3 is 8.92 Å². The van der Waals surface area contributed by atoms with Gasteiger partial charge in [-0.3, -0.25) is 0 Å². The lowest BCUT2D eigenvalue weighted by Gasteiger charge is -2.15. The maximum Gasteiger partial charge on any atom is 0.389 e. The Kier molecular flexibility index (Phi) is 7.44. The van der Waals surface area contributed by atoms with Crippen LogP contribution in [0, 0.1) is 6.92 Å². The molecule has 2 aromatic rings. The predicted molar refractivity (Wildman–Crippen MR) is 107 cm³/mol. The largest absolute Gasteiger partial charge is 0.456 e. The lowest BCUT2D eigenvalue weighted by Crippen LogP contribution is -2.25. The Morgan fingerprint density at radius 2 is 1.71 bits per heavy atom. The van der Waals surface area contributed by atoms with E-state index in [0.717, 1.165) is 10.0 Å². The average molecular weight is 546 g/mol. The SMILES string of the molecule is Cc1ccc(Oc2cccc(OS(=O)(=O)C(C)CCC(F)(F)F)c2)c(Br)c1Br. The molecule has 0 radical (unpaired) electrons. The molecule has 0 fully saturated rings. The van der Waals surface area contributed by atoms with Crippen LogP contribution in [0.15, 0.2) is 45.3 Å². The first-order valence-corrected chi connectivity index (χ1v) is 11.2. The van der Waals surface area contributed by atoms with Gasteiger partial charge in [-0.1, -0.05) is 12.1 Å². The summed E-state index contributed by atoms with van der Waals surface area (Å²) >= 11 is 6.85. The molecular formula is C18H17Br2F3O4S. The molecule has 0 aliphatic heterocycles. The van der Waals surface area contributed by atoms with E-state index in [9.17, 15) is 21.6 Å². The first kappa shape index (κ1) is 23.0. The van der Waals surface area contributed by atoms with Gasteiger partial charge in [0, 0.05) is 17.0 Å². The van der Waals surface area contributed by atoms with Crippen LogP contribution in [0.4, 0.5) is 13.2 Å². The minimum absolute atomic E-state index is 0.0429. The van der Waals surface area contributed by atoms with Crippen molar-refractivity contribution in [2.75, 3.05) is 0 Å². The highest BCUT2D eigenvalue weighted by Crippen LogP contribution is 2.38. The van der Waals surface area contributed by atoms with Crippen molar-refractivity contribution in [3.63, 3.8) is 0 Å². The van der Waals surface area contributed by atoms with E-state index in [2.05, 4.69) is 31.9 Å². The summed E-state index contributed by atoms with van der Waals surface area (Å²) < 4.78 is 73.6. The molecule has 0 amide bonds. The van der Waals surface area contributed by atoms with Gasteiger partial charge in [0.25, 0.3) is 0 Å². The highest BCUT2D eigenvalue weighted by atomic mass is 79.9. The Morgan fingerprint density at radius 3 is 2.36 bits per heavy atom. The van der Waals surface area contributed by atoms with E-state index in [1.165, 1.54) is 25.1 Å². The second-order valence-electron chi connectivity index (χ2n) is 6.13. The fraction of sp³-hybridized carbons (Fsp3) is 0.333. The van der Waals surface area contributed by atoms with E-state index in [1.807, 2.05) is 13.0 Å². The Bertz CT molecular complexity index is 946. The molecule has 0 N–H and O–H groups in total. The standard InChI is InChI=1S/C18H17Br2F3O4S/c1-11-6-7-15(17(20)16(11)19)26-13-4-3-5-14(10-13)27-28(24,25)12(2)8-9-18(21,22)23/h3-7,10,12H,8-9H2,1-2H3. The van der Waals surface area contributed by atoms with Crippen LogP contribution in [0.25, 0.3) is 0 Å². The summed E-state index contributed by atoms with van der Waals surface area (Å²) in [4.78, 5) is 0. The Balaban J connectivity index is 2.14. The highest BCUT2D eigenvalue weighted by Gasteiger charge is 2.32. The third kappa shape index (κ3) is 6.38. The molecule has 0 bridgehead atoms. The lowest BCUT2D eigenvalue weighted by atomic mass is 10.2. The van der Waals surface area contributed by atoms with E-state index < -0.39 is 34.4 Å². The third-order valence-electron chi connectivity index (χ3n) is 3.81. The van der Waals surface area contributed by atoms with Gasteiger partial charge in [0.1, 0.15) is 17.2 Å². The number of alkyl halides is 3. The maximum absolute atomic E-state index is 12.3. The number of rotatable bonds is 7. The lowest BCUT2D eigenvalue weighted by molar-refractivity contribution is -0.135. The molecule has 0 saturated heterocycles. The van der Waals surface area contributed by atoms with Crippen LogP contribution in [-0.2, 0) is 10.1 Å². The summed E-state index contributed by atoms with van der Waals surface area (Å²) in [5.41, 5.74) is 0.996. The number of aryl methyl sites for hydroxylation is 1. The van der Waals surface area contributed by atoms with Gasteiger partial charge in [-0.25, -0.2) is 0 Å². The topological polar surface area (TPSA) is 52.6 Å². The average Bonchev–Trinajstić information content (AvgIpc) is 2.59. The molecule has 0 aliphatic carbocycles. The number of hydrogen-bond donors (Lipinski definition) is 0. The van der Waals surface area contributed by atoms with Gasteiger partial charge in [-0.15, -0.1) is 0 Å². The fourth-order valence-corrected chi connectivity index (χ4v) is 3.95. The predicted octanol–water partition coefficient (Wildman–Crippen LogP) is 6.75. The van der Waals surface area contributed by atoms with Crippen molar-refractivity contribution in [3.05, 3.63) is 50.9 Å². The Morgan fingerprint density at radius 1 is 1.07 bits per heavy atom. The molecule has 0 spiro atoms. The van der Waals surface area contributed by atoms with E-state index in [0.29, 0.717) is 16.0 Å². The van der Waals surface area contributed by atoms with Crippen molar-refractivity contribution in [1.29, 1.82) is 0 Å². The van der Waals surface area contributed by atoms with Gasteiger partial charge >= 0.3 is 16.3 Å². The number of halogens is 5. The summed E-state index contributed by atoms with van der Waals surface area (Å²) in [5, 5.41) is -1.30. The zero-order valence-corrected chi connectivity index (χ0v) is 18.9. The number of benzene rings is 2. The molecule has 154 valence electrons. The molecule has 4 nitrogen and oxygen atoms in total. The van der Waals surface area contributed by atoms with Crippen LogP contribution in [0.3, 0.4) is 0 Å². The first-order valence-electron chi connectivity index (χ1n) is 8.11. The van der Waals surface area contributed by atoms with Crippen LogP contribution in [0.5, 0.6) is 17.2 Å². The minimum Gasteiger partial charge on any atom is -0.456 e. The highest BCUT2D eigenvalue weighted by molar-refractivity contribution is 9.13. The number of hydrogen-bond acceptors (Lipinski definition) is 4. The molecule has 10 heteroatoms. The minimum atomic E-state index is -4.42. The summed E-state index contributed by atoms with van der Waals surface area (Å²) in [6.45, 7) is 3.10. The molecule has 2 rings (SSSR count). The smallest absolute Gasteiger partial charge is 0.389 e. The molecule has 0 aromatic heterocycles. The van der Waals surface area contributed by atoms with Gasteiger partial charge in [-0.2, -0.15) is 21.6 Å². The molecular weight excluding hydrogens is 529 g/mol. The van der Waals surface area contributed by atoms with Crippen LogP contribution >= 0.6 is 31.9 Å². The molecule has 2 aromatic carbocycles. The molecule has 0 saturated carbocycles. The van der Waals surface area contributed by atoms with Gasteiger partial charge in [-0.05, 0) is 75.9 Å². The molecule has 1 atom stereocenters. The van der Waals surface area contributed by atoms with Crippen molar-refractivity contribution < 1.29 is 30.5 Å². The Hall–Kier alpha value is -1.26. The summed E-state index contributed by atoms with van der Waals surface area (Å²) in [5.74, 6) is 0.766. The van der Waals surface area contributed by atoms with E-state index in [1.54, 1.807) is 12.1 Å². The van der Waals surface area contributed by atoms with Gasteiger partial charge in [0.2, 0.25) is 0 Å². The number of ether oxygens (including phenoxy) is 1. The van der Waals surface area contributed by atoms with Crippen LogP contribution in [0.2, 0.25) is 0 Å². The van der Waals surface area contributed by atoms with E-state index >= 15 is 0 Å². The van der Waals surface area contributed by atoms with Crippen molar-refractivity contribution in [2.45, 2.75) is 38.1 Å². The fourth-order valence-electron chi connectivity index (χ4n) is 2.15. The summed E-state index contributed by atoms with van der Waals surface area (Å²) in [6, 6.07) is 9.46. The zero-order chi connectivity index (χ0) is 21.1. The quantitative estimate of drug-likeness (QED) is 0.361. The van der Waals surface area contributed by atoms with E-state index in [-0.39, 0.29) is 5.75 Å². The summed E-state index contributed by atoms with van der Waals surface area (Å²) in [6.07, 6.45) is -6.20. The van der Waals surface area contributed by atoms with Crippen molar-refractivity contribution in [2.24, 2.45) is 0 Å². The summed E-state index contributed by atoms with van der Waals surface area (Å²) in [7, 11) is -4.22. The normalized spacial score (nSPS) is 13.2.